The lowest BCUT2D eigenvalue weighted by Gasteiger charge is -2.10. The highest BCUT2D eigenvalue weighted by Gasteiger charge is 2.07. The predicted molar refractivity (Wildman–Crippen MR) is 86.0 cm³/mol. The molecule has 0 atom stereocenters. The van der Waals surface area contributed by atoms with Gasteiger partial charge in [-0.3, -0.25) is 5.41 Å². The number of rotatable bonds is 4. The van der Waals surface area contributed by atoms with Crippen molar-refractivity contribution in [1.29, 1.82) is 5.41 Å². The predicted octanol–water partition coefficient (Wildman–Crippen LogP) is 4.62. The molecule has 0 aliphatic rings. The van der Waals surface area contributed by atoms with Gasteiger partial charge in [-0.1, -0.05) is 45.2 Å². The average molecular weight is 374 g/mol. The molecular weight excluding hydrogens is 363 g/mol. The molecule has 2 aromatic rings. The maximum absolute atomic E-state index is 7.34. The SMILES string of the molecule is N=C(N)c1ccc(OCc2ccc(Br)cc2Cl)c(Cl)c1. The lowest BCUT2D eigenvalue weighted by molar-refractivity contribution is 0.306. The van der Waals surface area contributed by atoms with Gasteiger partial charge in [-0.2, -0.15) is 0 Å². The summed E-state index contributed by atoms with van der Waals surface area (Å²) in [5.74, 6) is 0.491. The second-order valence-electron chi connectivity index (χ2n) is 4.08. The van der Waals surface area contributed by atoms with E-state index in [1.165, 1.54) is 0 Å². The topological polar surface area (TPSA) is 59.1 Å². The lowest BCUT2D eigenvalue weighted by atomic mass is 10.2. The molecule has 0 unspecified atom stereocenters. The summed E-state index contributed by atoms with van der Waals surface area (Å²) >= 11 is 15.5. The molecule has 0 fully saturated rings. The van der Waals surface area contributed by atoms with Crippen LogP contribution in [0.25, 0.3) is 0 Å². The number of amidine groups is 1. The van der Waals surface area contributed by atoms with Gasteiger partial charge in [0.25, 0.3) is 0 Å². The standard InChI is InChI=1S/C14H11BrCl2N2O/c15-10-3-1-9(11(16)6-10)7-20-13-4-2-8(14(18)19)5-12(13)17/h1-6H,7H2,(H3,18,19). The molecule has 0 aromatic heterocycles. The highest BCUT2D eigenvalue weighted by Crippen LogP contribution is 2.28. The molecule has 0 amide bonds. The number of hydrogen-bond acceptors (Lipinski definition) is 2. The number of nitrogens with one attached hydrogen (secondary N) is 1. The first kappa shape index (κ1) is 15.2. The summed E-state index contributed by atoms with van der Waals surface area (Å²) in [5.41, 5.74) is 6.82. The molecular formula is C14H11BrCl2N2O. The van der Waals surface area contributed by atoms with Gasteiger partial charge in [0, 0.05) is 20.6 Å². The van der Waals surface area contributed by atoms with Crippen LogP contribution in [0, 0.1) is 5.41 Å². The molecule has 6 heteroatoms. The van der Waals surface area contributed by atoms with Crippen LogP contribution in [0.15, 0.2) is 40.9 Å². The number of ether oxygens (including phenoxy) is 1. The summed E-state index contributed by atoms with van der Waals surface area (Å²) in [5, 5.41) is 8.37. The highest BCUT2D eigenvalue weighted by atomic mass is 79.9. The van der Waals surface area contributed by atoms with E-state index < -0.39 is 0 Å². The molecule has 3 N–H and O–H groups in total. The highest BCUT2D eigenvalue weighted by molar-refractivity contribution is 9.10. The summed E-state index contributed by atoms with van der Waals surface area (Å²) in [4.78, 5) is 0. The molecule has 0 radical (unpaired) electrons. The number of hydrogen-bond donors (Lipinski definition) is 2. The first-order valence-electron chi connectivity index (χ1n) is 5.68. The van der Waals surface area contributed by atoms with Gasteiger partial charge >= 0.3 is 0 Å². The molecule has 2 rings (SSSR count). The van der Waals surface area contributed by atoms with Crippen LogP contribution in [-0.4, -0.2) is 5.84 Å². The first-order chi connectivity index (χ1) is 9.47. The zero-order valence-electron chi connectivity index (χ0n) is 10.3. The van der Waals surface area contributed by atoms with Crippen molar-refractivity contribution in [3.05, 3.63) is 62.0 Å². The fourth-order valence-corrected chi connectivity index (χ4v) is 2.54. The first-order valence-corrected chi connectivity index (χ1v) is 7.23. The van der Waals surface area contributed by atoms with E-state index in [1.54, 1.807) is 24.3 Å². The van der Waals surface area contributed by atoms with Crippen LogP contribution < -0.4 is 10.5 Å². The van der Waals surface area contributed by atoms with Crippen molar-refractivity contribution in [2.24, 2.45) is 5.73 Å². The minimum absolute atomic E-state index is 0.0330. The van der Waals surface area contributed by atoms with Crippen LogP contribution >= 0.6 is 39.1 Å². The fraction of sp³-hybridized carbons (Fsp3) is 0.0714. The van der Waals surface area contributed by atoms with Gasteiger partial charge in [0.2, 0.25) is 0 Å². The van der Waals surface area contributed by atoms with Crippen molar-refractivity contribution >= 4 is 45.0 Å². The Balaban J connectivity index is 2.13. The molecule has 104 valence electrons. The van der Waals surface area contributed by atoms with E-state index in [0.717, 1.165) is 10.0 Å². The molecule has 0 bridgehead atoms. The molecule has 2 aromatic carbocycles. The lowest BCUT2D eigenvalue weighted by Crippen LogP contribution is -2.10. The van der Waals surface area contributed by atoms with Gasteiger partial charge in [0.05, 0.1) is 5.02 Å². The Kier molecular flexibility index (Phi) is 4.91. The summed E-state index contributed by atoms with van der Waals surface area (Å²) in [6.07, 6.45) is 0. The van der Waals surface area contributed by atoms with Gasteiger partial charge < -0.3 is 10.5 Å². The Morgan fingerprint density at radius 3 is 2.50 bits per heavy atom. The molecule has 0 heterocycles. The van der Waals surface area contributed by atoms with Crippen molar-refractivity contribution < 1.29 is 4.74 Å². The average Bonchev–Trinajstić information content (AvgIpc) is 2.38. The largest absolute Gasteiger partial charge is 0.487 e. The zero-order valence-corrected chi connectivity index (χ0v) is 13.4. The number of nitrogen functional groups attached to an aromatic ring is 1. The van der Waals surface area contributed by atoms with Crippen LogP contribution in [0.3, 0.4) is 0 Å². The van der Waals surface area contributed by atoms with E-state index in [4.69, 9.17) is 39.1 Å². The Labute approximate surface area is 135 Å². The van der Waals surface area contributed by atoms with Crippen molar-refractivity contribution in [2.75, 3.05) is 0 Å². The molecule has 3 nitrogen and oxygen atoms in total. The minimum Gasteiger partial charge on any atom is -0.487 e. The van der Waals surface area contributed by atoms with Crippen molar-refractivity contribution in [3.8, 4) is 5.75 Å². The van der Waals surface area contributed by atoms with E-state index in [1.807, 2.05) is 12.1 Å². The van der Waals surface area contributed by atoms with Crippen molar-refractivity contribution in [3.63, 3.8) is 0 Å². The van der Waals surface area contributed by atoms with Gasteiger partial charge in [-0.25, -0.2) is 0 Å². The molecule has 0 saturated heterocycles. The zero-order chi connectivity index (χ0) is 14.7. The maximum atomic E-state index is 7.34. The number of benzene rings is 2. The second-order valence-corrected chi connectivity index (χ2v) is 5.81. The quantitative estimate of drug-likeness (QED) is 0.606. The smallest absolute Gasteiger partial charge is 0.138 e. The maximum Gasteiger partial charge on any atom is 0.138 e. The summed E-state index contributed by atoms with van der Waals surface area (Å²) in [7, 11) is 0. The third-order valence-electron chi connectivity index (χ3n) is 2.64. The number of halogens is 3. The Hall–Kier alpha value is -1.23. The molecule has 0 spiro atoms. The third-order valence-corrected chi connectivity index (χ3v) is 3.78. The molecule has 0 aliphatic carbocycles. The summed E-state index contributed by atoms with van der Waals surface area (Å²) in [6.45, 7) is 0.311. The molecule has 0 saturated carbocycles. The van der Waals surface area contributed by atoms with E-state index in [-0.39, 0.29) is 5.84 Å². The second kappa shape index (κ2) is 6.48. The van der Waals surface area contributed by atoms with Gasteiger partial charge in [0.15, 0.2) is 0 Å². The van der Waals surface area contributed by atoms with Crippen LogP contribution in [0.5, 0.6) is 5.75 Å². The van der Waals surface area contributed by atoms with Gasteiger partial charge in [-0.05, 0) is 30.3 Å². The van der Waals surface area contributed by atoms with Gasteiger partial charge in [0.1, 0.15) is 18.2 Å². The van der Waals surface area contributed by atoms with Crippen molar-refractivity contribution in [1.82, 2.24) is 0 Å². The molecule has 0 aliphatic heterocycles. The van der Waals surface area contributed by atoms with Crippen LogP contribution in [0.1, 0.15) is 11.1 Å². The van der Waals surface area contributed by atoms with E-state index in [9.17, 15) is 0 Å². The third kappa shape index (κ3) is 3.66. The minimum atomic E-state index is -0.0330. The fourth-order valence-electron chi connectivity index (χ4n) is 1.58. The molecule has 20 heavy (non-hydrogen) atoms. The Morgan fingerprint density at radius 2 is 1.90 bits per heavy atom. The van der Waals surface area contributed by atoms with E-state index in [2.05, 4.69) is 15.9 Å². The van der Waals surface area contributed by atoms with E-state index >= 15 is 0 Å². The monoisotopic (exact) mass is 372 g/mol. The Morgan fingerprint density at radius 1 is 1.15 bits per heavy atom. The Bertz CT molecular complexity index is 662. The van der Waals surface area contributed by atoms with Gasteiger partial charge in [-0.15, -0.1) is 0 Å². The van der Waals surface area contributed by atoms with Crippen molar-refractivity contribution in [2.45, 2.75) is 6.61 Å². The van der Waals surface area contributed by atoms with E-state index in [0.29, 0.717) is 28.0 Å². The summed E-state index contributed by atoms with van der Waals surface area (Å²) in [6, 6.07) is 10.6. The normalized spacial score (nSPS) is 10.3. The van der Waals surface area contributed by atoms with Crippen LogP contribution in [0.2, 0.25) is 10.0 Å². The number of nitrogens with two attached hydrogens (primary N) is 1. The van der Waals surface area contributed by atoms with Crippen LogP contribution in [-0.2, 0) is 6.61 Å². The van der Waals surface area contributed by atoms with Crippen LogP contribution in [0.4, 0.5) is 0 Å². The summed E-state index contributed by atoms with van der Waals surface area (Å²) < 4.78 is 6.55.